The fourth-order valence-corrected chi connectivity index (χ4v) is 5.12. The zero-order valence-corrected chi connectivity index (χ0v) is 19.2. The number of nitrogens with zero attached hydrogens (tertiary/aromatic N) is 1. The summed E-state index contributed by atoms with van der Waals surface area (Å²) in [6, 6.07) is -1.25. The van der Waals surface area contributed by atoms with Gasteiger partial charge in [-0.2, -0.15) is 0 Å². The summed E-state index contributed by atoms with van der Waals surface area (Å²) in [5.41, 5.74) is 0. The van der Waals surface area contributed by atoms with Gasteiger partial charge in [-0.1, -0.05) is 45.8 Å². The van der Waals surface area contributed by atoms with E-state index in [4.69, 9.17) is 0 Å². The number of hydrogen-bond acceptors (Lipinski definition) is 4. The molecule has 170 valence electrons. The summed E-state index contributed by atoms with van der Waals surface area (Å²) in [6.07, 6.45) is 6.48. The SMILES string of the molecule is CCC[C@@H]1C=C[C@H]2[C@@H](C(=O)N([C@@H](CO)[C@@H](C)CC)[C@@H]2C(=O)NC(C)C)[C@@H]1C(=O)NC. The van der Waals surface area contributed by atoms with E-state index in [1.807, 2.05) is 39.8 Å². The fourth-order valence-electron chi connectivity index (χ4n) is 5.12. The van der Waals surface area contributed by atoms with Crippen molar-refractivity contribution < 1.29 is 19.5 Å². The first-order valence-electron chi connectivity index (χ1n) is 11.4. The van der Waals surface area contributed by atoms with Gasteiger partial charge in [0, 0.05) is 19.0 Å². The summed E-state index contributed by atoms with van der Waals surface area (Å²) in [5, 5.41) is 15.8. The molecule has 1 aliphatic carbocycles. The van der Waals surface area contributed by atoms with E-state index in [1.54, 1.807) is 11.9 Å². The van der Waals surface area contributed by atoms with Crippen LogP contribution in [-0.2, 0) is 14.4 Å². The van der Waals surface area contributed by atoms with Crippen molar-refractivity contribution >= 4 is 17.7 Å². The summed E-state index contributed by atoms with van der Waals surface area (Å²) in [5.74, 6) is -2.06. The first-order chi connectivity index (χ1) is 14.2. The Bertz CT molecular complexity index is 663. The average Bonchev–Trinajstić information content (AvgIpc) is 3.00. The van der Waals surface area contributed by atoms with Gasteiger partial charge in [-0.15, -0.1) is 0 Å². The fraction of sp³-hybridized carbons (Fsp3) is 0.783. The molecule has 30 heavy (non-hydrogen) atoms. The van der Waals surface area contributed by atoms with Crippen LogP contribution < -0.4 is 10.6 Å². The molecule has 3 N–H and O–H groups in total. The molecule has 3 amide bonds. The maximum absolute atomic E-state index is 13.8. The Morgan fingerprint density at radius 3 is 2.33 bits per heavy atom. The van der Waals surface area contributed by atoms with Crippen molar-refractivity contribution in [1.82, 2.24) is 15.5 Å². The normalized spacial score (nSPS) is 30.2. The Labute approximate surface area is 180 Å². The number of aliphatic hydroxyl groups excluding tert-OH is 1. The first-order valence-corrected chi connectivity index (χ1v) is 11.4. The van der Waals surface area contributed by atoms with Crippen LogP contribution in [-0.4, -0.2) is 59.5 Å². The van der Waals surface area contributed by atoms with E-state index in [-0.39, 0.29) is 48.1 Å². The van der Waals surface area contributed by atoms with Gasteiger partial charge in [0.15, 0.2) is 0 Å². The lowest BCUT2D eigenvalue weighted by atomic mass is 9.68. The second kappa shape index (κ2) is 10.4. The molecule has 2 rings (SSSR count). The quantitative estimate of drug-likeness (QED) is 0.494. The lowest BCUT2D eigenvalue weighted by molar-refractivity contribution is -0.144. The van der Waals surface area contributed by atoms with Crippen molar-refractivity contribution in [1.29, 1.82) is 0 Å². The van der Waals surface area contributed by atoms with Crippen LogP contribution in [0.15, 0.2) is 12.2 Å². The molecule has 2 aliphatic rings. The van der Waals surface area contributed by atoms with Gasteiger partial charge in [-0.3, -0.25) is 14.4 Å². The monoisotopic (exact) mass is 421 g/mol. The molecule has 1 aliphatic heterocycles. The van der Waals surface area contributed by atoms with Crippen LogP contribution in [0, 0.1) is 29.6 Å². The summed E-state index contributed by atoms with van der Waals surface area (Å²) < 4.78 is 0. The van der Waals surface area contributed by atoms with Crippen LogP contribution in [0.25, 0.3) is 0 Å². The molecule has 1 heterocycles. The number of amides is 3. The molecular weight excluding hydrogens is 382 g/mol. The Morgan fingerprint density at radius 2 is 1.83 bits per heavy atom. The minimum Gasteiger partial charge on any atom is -0.394 e. The number of carbonyl (C=O) groups is 3. The molecule has 1 fully saturated rings. The third-order valence-corrected chi connectivity index (χ3v) is 6.76. The summed E-state index contributed by atoms with van der Waals surface area (Å²) in [7, 11) is 1.59. The number of allylic oxidation sites excluding steroid dienone is 1. The Morgan fingerprint density at radius 1 is 1.17 bits per heavy atom. The average molecular weight is 422 g/mol. The van der Waals surface area contributed by atoms with Gasteiger partial charge in [0.05, 0.1) is 24.5 Å². The summed E-state index contributed by atoms with van der Waals surface area (Å²) in [6.45, 7) is 9.62. The first kappa shape index (κ1) is 24.4. The Balaban J connectivity index is 2.56. The van der Waals surface area contributed by atoms with Gasteiger partial charge in [-0.05, 0) is 32.1 Å². The zero-order valence-electron chi connectivity index (χ0n) is 19.2. The summed E-state index contributed by atoms with van der Waals surface area (Å²) in [4.78, 5) is 41.5. The second-order valence-corrected chi connectivity index (χ2v) is 9.07. The third-order valence-electron chi connectivity index (χ3n) is 6.76. The van der Waals surface area contributed by atoms with Crippen LogP contribution in [0.1, 0.15) is 53.9 Å². The van der Waals surface area contributed by atoms with Crippen LogP contribution in [0.3, 0.4) is 0 Å². The molecule has 7 atom stereocenters. The predicted octanol–water partition coefficient (Wildman–Crippen LogP) is 1.71. The molecule has 7 heteroatoms. The number of rotatable bonds is 9. The van der Waals surface area contributed by atoms with Crippen molar-refractivity contribution in [2.75, 3.05) is 13.7 Å². The van der Waals surface area contributed by atoms with Crippen LogP contribution in [0.4, 0.5) is 0 Å². The lowest BCUT2D eigenvalue weighted by Gasteiger charge is -2.36. The molecule has 0 unspecified atom stereocenters. The van der Waals surface area contributed by atoms with E-state index < -0.39 is 23.9 Å². The highest BCUT2D eigenvalue weighted by atomic mass is 16.3. The van der Waals surface area contributed by atoms with E-state index in [9.17, 15) is 19.5 Å². The van der Waals surface area contributed by atoms with Gasteiger partial charge < -0.3 is 20.6 Å². The number of aliphatic hydroxyl groups is 1. The standard InChI is InChI=1S/C23H39N3O4/c1-7-9-15-10-11-16-19(18(15)21(28)24-6)23(30)26(17(12-27)14(5)8-2)20(16)22(29)25-13(3)4/h10-11,13-20,27H,7-9,12H2,1-6H3,(H,24,28)(H,25,29)/t14-,15+,16-,17-,18+,19+,20-/m0/s1. The molecule has 0 radical (unpaired) electrons. The number of carbonyl (C=O) groups excluding carboxylic acids is 3. The molecule has 0 bridgehead atoms. The third kappa shape index (κ3) is 4.56. The number of hydrogen-bond donors (Lipinski definition) is 3. The van der Waals surface area contributed by atoms with Gasteiger partial charge >= 0.3 is 0 Å². The minimum absolute atomic E-state index is 0.0299. The Kier molecular flexibility index (Phi) is 8.47. The molecule has 0 spiro atoms. The van der Waals surface area contributed by atoms with Crippen LogP contribution in [0.2, 0.25) is 0 Å². The lowest BCUT2D eigenvalue weighted by Crippen LogP contribution is -2.55. The van der Waals surface area contributed by atoms with Gasteiger partial charge in [0.2, 0.25) is 17.7 Å². The summed E-state index contributed by atoms with van der Waals surface area (Å²) >= 11 is 0. The van der Waals surface area contributed by atoms with E-state index in [0.717, 1.165) is 19.3 Å². The molecule has 0 aromatic heterocycles. The molecule has 1 saturated heterocycles. The molecule has 0 saturated carbocycles. The van der Waals surface area contributed by atoms with Gasteiger partial charge in [-0.25, -0.2) is 0 Å². The predicted molar refractivity (Wildman–Crippen MR) is 116 cm³/mol. The van der Waals surface area contributed by atoms with Crippen LogP contribution in [0.5, 0.6) is 0 Å². The number of likely N-dealkylation sites (tertiary alicyclic amines) is 1. The van der Waals surface area contributed by atoms with Crippen molar-refractivity contribution in [3.05, 3.63) is 12.2 Å². The van der Waals surface area contributed by atoms with E-state index in [0.29, 0.717) is 0 Å². The number of nitrogens with one attached hydrogen (secondary N) is 2. The molecule has 7 nitrogen and oxygen atoms in total. The smallest absolute Gasteiger partial charge is 0.243 e. The van der Waals surface area contributed by atoms with Crippen LogP contribution >= 0.6 is 0 Å². The number of fused-ring (bicyclic) bond motifs is 1. The van der Waals surface area contributed by atoms with Crippen molar-refractivity contribution in [2.45, 2.75) is 72.0 Å². The molecular formula is C23H39N3O4. The maximum Gasteiger partial charge on any atom is 0.243 e. The Hall–Kier alpha value is -1.89. The van der Waals surface area contributed by atoms with E-state index >= 15 is 0 Å². The maximum atomic E-state index is 13.8. The molecule has 0 aromatic carbocycles. The largest absolute Gasteiger partial charge is 0.394 e. The van der Waals surface area contributed by atoms with Gasteiger partial charge in [0.1, 0.15) is 6.04 Å². The highest BCUT2D eigenvalue weighted by Crippen LogP contribution is 2.46. The van der Waals surface area contributed by atoms with Gasteiger partial charge in [0.25, 0.3) is 0 Å². The van der Waals surface area contributed by atoms with Crippen molar-refractivity contribution in [2.24, 2.45) is 29.6 Å². The molecule has 0 aromatic rings. The topological polar surface area (TPSA) is 98.7 Å². The van der Waals surface area contributed by atoms with E-state index in [1.165, 1.54) is 0 Å². The van der Waals surface area contributed by atoms with E-state index in [2.05, 4.69) is 17.6 Å². The van der Waals surface area contributed by atoms with Crippen molar-refractivity contribution in [3.63, 3.8) is 0 Å². The minimum atomic E-state index is -0.720. The highest BCUT2D eigenvalue weighted by Gasteiger charge is 2.58. The highest BCUT2D eigenvalue weighted by molar-refractivity contribution is 5.97. The van der Waals surface area contributed by atoms with Crippen molar-refractivity contribution in [3.8, 4) is 0 Å². The zero-order chi connectivity index (χ0) is 22.6. The second-order valence-electron chi connectivity index (χ2n) is 9.07.